The second-order valence-corrected chi connectivity index (χ2v) is 6.58. The third-order valence-corrected chi connectivity index (χ3v) is 4.79. The Morgan fingerprint density at radius 2 is 2.24 bits per heavy atom. The Morgan fingerprint density at radius 3 is 2.86 bits per heavy atom. The van der Waals surface area contributed by atoms with Crippen LogP contribution < -0.4 is 5.32 Å². The van der Waals surface area contributed by atoms with Crippen molar-refractivity contribution >= 4 is 17.2 Å². The van der Waals surface area contributed by atoms with E-state index >= 15 is 0 Å². The molecule has 1 aromatic rings. The first-order chi connectivity index (χ1) is 10.1. The normalized spacial score (nSPS) is 17.7. The predicted molar refractivity (Wildman–Crippen MR) is 84.0 cm³/mol. The highest BCUT2D eigenvalue weighted by molar-refractivity contribution is 7.14. The summed E-state index contributed by atoms with van der Waals surface area (Å²) in [7, 11) is 0. The molecule has 5 nitrogen and oxygen atoms in total. The second kappa shape index (κ2) is 7.89. The van der Waals surface area contributed by atoms with Gasteiger partial charge in [0.1, 0.15) is 0 Å². The number of ether oxygens (including phenoxy) is 1. The molecule has 6 heteroatoms. The number of aliphatic hydroxyl groups is 1. The molecule has 0 aliphatic carbocycles. The monoisotopic (exact) mass is 312 g/mol. The van der Waals surface area contributed by atoms with Crippen LogP contribution in [0.4, 0.5) is 0 Å². The smallest absolute Gasteiger partial charge is 0.261 e. The quantitative estimate of drug-likeness (QED) is 0.824. The fraction of sp³-hybridized carbons (Fsp3) is 0.667. The number of carbonyl (C=O) groups excluding carboxylic acids is 1. The fourth-order valence-electron chi connectivity index (χ4n) is 2.43. The van der Waals surface area contributed by atoms with E-state index in [1.54, 1.807) is 0 Å². The van der Waals surface area contributed by atoms with Crippen LogP contribution in [0.5, 0.6) is 0 Å². The zero-order chi connectivity index (χ0) is 15.2. The van der Waals surface area contributed by atoms with E-state index in [1.165, 1.54) is 21.8 Å². The number of thiophene rings is 1. The maximum atomic E-state index is 12.1. The molecule has 1 aliphatic rings. The topological polar surface area (TPSA) is 61.8 Å². The van der Waals surface area contributed by atoms with Crippen molar-refractivity contribution in [3.05, 3.63) is 21.4 Å². The Bertz CT molecular complexity index is 469. The van der Waals surface area contributed by atoms with Crippen LogP contribution in [0.2, 0.25) is 0 Å². The first-order valence-electron chi connectivity index (χ1n) is 7.45. The molecule has 0 bridgehead atoms. The van der Waals surface area contributed by atoms with E-state index in [9.17, 15) is 9.90 Å². The highest BCUT2D eigenvalue weighted by atomic mass is 32.1. The molecule has 0 spiro atoms. The number of rotatable bonds is 6. The molecule has 2 heterocycles. The average molecular weight is 312 g/mol. The van der Waals surface area contributed by atoms with Crippen molar-refractivity contribution < 1.29 is 14.6 Å². The van der Waals surface area contributed by atoms with Gasteiger partial charge in [0.2, 0.25) is 0 Å². The molecule has 0 saturated carbocycles. The molecular weight excluding hydrogens is 288 g/mol. The van der Waals surface area contributed by atoms with Gasteiger partial charge in [0.25, 0.3) is 5.91 Å². The largest absolute Gasteiger partial charge is 0.390 e. The van der Waals surface area contributed by atoms with Crippen molar-refractivity contribution in [2.45, 2.75) is 26.4 Å². The number of β-amino-alcohol motifs (C(OH)–C–C–N with tert-alkyl or cyclic N) is 1. The third kappa shape index (κ3) is 4.78. The first kappa shape index (κ1) is 16.4. The van der Waals surface area contributed by atoms with Crippen molar-refractivity contribution in [3.8, 4) is 0 Å². The summed E-state index contributed by atoms with van der Waals surface area (Å²) in [6.07, 6.45) is 0.397. The van der Waals surface area contributed by atoms with Crippen LogP contribution in [0.3, 0.4) is 0 Å². The van der Waals surface area contributed by atoms with Gasteiger partial charge in [-0.2, -0.15) is 0 Å². The number of nitrogens with zero attached hydrogens (tertiary/aromatic N) is 1. The van der Waals surface area contributed by atoms with E-state index in [4.69, 9.17) is 4.74 Å². The minimum absolute atomic E-state index is 0.0937. The maximum absolute atomic E-state index is 12.1. The summed E-state index contributed by atoms with van der Waals surface area (Å²) in [5.41, 5.74) is 1.22. The lowest BCUT2D eigenvalue weighted by Gasteiger charge is -2.28. The number of carbonyl (C=O) groups is 1. The fourth-order valence-corrected chi connectivity index (χ4v) is 3.46. The van der Waals surface area contributed by atoms with Crippen LogP contribution in [0.15, 0.2) is 6.07 Å². The molecule has 0 aromatic carbocycles. The van der Waals surface area contributed by atoms with Gasteiger partial charge in [-0.1, -0.05) is 6.92 Å². The number of aryl methyl sites for hydroxylation is 2. The van der Waals surface area contributed by atoms with E-state index in [0.29, 0.717) is 19.8 Å². The average Bonchev–Trinajstić information content (AvgIpc) is 2.87. The lowest BCUT2D eigenvalue weighted by Crippen LogP contribution is -2.44. The Labute approximate surface area is 129 Å². The molecule has 1 aliphatic heterocycles. The van der Waals surface area contributed by atoms with E-state index in [-0.39, 0.29) is 12.5 Å². The number of amides is 1. The van der Waals surface area contributed by atoms with Gasteiger partial charge in [-0.05, 0) is 25.0 Å². The summed E-state index contributed by atoms with van der Waals surface area (Å²) >= 11 is 1.51. The van der Waals surface area contributed by atoms with Crippen molar-refractivity contribution in [1.29, 1.82) is 0 Å². The van der Waals surface area contributed by atoms with Gasteiger partial charge >= 0.3 is 0 Å². The lowest BCUT2D eigenvalue weighted by molar-refractivity contribution is 0.0149. The summed E-state index contributed by atoms with van der Waals surface area (Å²) in [5.74, 6) is -0.0937. The van der Waals surface area contributed by atoms with Crippen LogP contribution in [0.1, 0.15) is 27.0 Å². The zero-order valence-electron chi connectivity index (χ0n) is 12.7. The van der Waals surface area contributed by atoms with Crippen LogP contribution in [-0.2, 0) is 11.2 Å². The molecular formula is C15H24N2O3S. The molecule has 1 unspecified atom stereocenters. The molecule has 1 aromatic heterocycles. The predicted octanol–water partition coefficient (Wildman–Crippen LogP) is 1.04. The van der Waals surface area contributed by atoms with Crippen LogP contribution in [-0.4, -0.2) is 61.4 Å². The third-order valence-electron chi connectivity index (χ3n) is 3.70. The number of nitrogens with one attached hydrogen (secondary N) is 1. The molecule has 1 fully saturated rings. The van der Waals surface area contributed by atoms with Crippen molar-refractivity contribution in [2.75, 3.05) is 39.4 Å². The lowest BCUT2D eigenvalue weighted by atomic mass is 10.2. The molecule has 1 amide bonds. The highest BCUT2D eigenvalue weighted by Crippen LogP contribution is 2.21. The summed E-state index contributed by atoms with van der Waals surface area (Å²) in [6, 6.07) is 1.95. The summed E-state index contributed by atoms with van der Waals surface area (Å²) < 4.78 is 5.27. The first-order valence-corrected chi connectivity index (χ1v) is 8.27. The molecule has 1 saturated heterocycles. The zero-order valence-corrected chi connectivity index (χ0v) is 13.5. The minimum Gasteiger partial charge on any atom is -0.390 e. The van der Waals surface area contributed by atoms with Gasteiger partial charge in [-0.15, -0.1) is 11.3 Å². The number of hydrogen-bond acceptors (Lipinski definition) is 5. The SMILES string of the molecule is CCc1cc(C(=O)NCC(O)CN2CCOCC2)sc1C. The standard InChI is InChI=1S/C15H24N2O3S/c1-3-12-8-14(21-11(12)2)15(19)16-9-13(18)10-17-4-6-20-7-5-17/h8,13,18H,3-7,9-10H2,1-2H3,(H,16,19). The van der Waals surface area contributed by atoms with Crippen LogP contribution >= 0.6 is 11.3 Å². The van der Waals surface area contributed by atoms with Crippen molar-refractivity contribution in [1.82, 2.24) is 10.2 Å². The highest BCUT2D eigenvalue weighted by Gasteiger charge is 2.17. The van der Waals surface area contributed by atoms with Crippen molar-refractivity contribution in [2.24, 2.45) is 0 Å². The molecule has 2 rings (SSSR count). The van der Waals surface area contributed by atoms with Crippen LogP contribution in [0, 0.1) is 6.92 Å². The van der Waals surface area contributed by atoms with E-state index in [2.05, 4.69) is 17.1 Å². The molecule has 0 radical (unpaired) electrons. The van der Waals surface area contributed by atoms with Crippen LogP contribution in [0.25, 0.3) is 0 Å². The van der Waals surface area contributed by atoms with Gasteiger partial charge in [-0.3, -0.25) is 9.69 Å². The van der Waals surface area contributed by atoms with Crippen molar-refractivity contribution in [3.63, 3.8) is 0 Å². The Balaban J connectivity index is 1.77. The van der Waals surface area contributed by atoms with Gasteiger partial charge in [0.15, 0.2) is 0 Å². The second-order valence-electron chi connectivity index (χ2n) is 5.32. The van der Waals surface area contributed by atoms with Gasteiger partial charge in [-0.25, -0.2) is 0 Å². The van der Waals surface area contributed by atoms with E-state index < -0.39 is 6.10 Å². The van der Waals surface area contributed by atoms with Gasteiger partial charge in [0.05, 0.1) is 24.2 Å². The molecule has 2 N–H and O–H groups in total. The molecule has 21 heavy (non-hydrogen) atoms. The molecule has 118 valence electrons. The summed E-state index contributed by atoms with van der Waals surface area (Å²) in [5, 5.41) is 12.8. The number of aliphatic hydroxyl groups excluding tert-OH is 1. The van der Waals surface area contributed by atoms with E-state index in [1.807, 2.05) is 13.0 Å². The number of hydrogen-bond donors (Lipinski definition) is 2. The molecule has 1 atom stereocenters. The summed E-state index contributed by atoms with van der Waals surface area (Å²) in [6.45, 7) is 8.10. The minimum atomic E-state index is -0.543. The summed E-state index contributed by atoms with van der Waals surface area (Å²) in [4.78, 5) is 16.2. The Morgan fingerprint density at radius 1 is 1.52 bits per heavy atom. The van der Waals surface area contributed by atoms with Gasteiger partial charge < -0.3 is 15.2 Å². The Kier molecular flexibility index (Phi) is 6.17. The number of morpholine rings is 1. The van der Waals surface area contributed by atoms with E-state index in [0.717, 1.165) is 24.4 Å². The van der Waals surface area contributed by atoms with Gasteiger partial charge in [0, 0.05) is 31.1 Å². The Hall–Kier alpha value is -0.950. The maximum Gasteiger partial charge on any atom is 0.261 e.